The van der Waals surface area contributed by atoms with E-state index < -0.39 is 9.84 Å². The summed E-state index contributed by atoms with van der Waals surface area (Å²) in [5.74, 6) is 0.744. The second-order valence-electron chi connectivity index (χ2n) is 8.36. The van der Waals surface area contributed by atoms with Gasteiger partial charge in [0.05, 0.1) is 23.8 Å². The van der Waals surface area contributed by atoms with Crippen LogP contribution in [0.4, 0.5) is 5.69 Å². The highest BCUT2D eigenvalue weighted by molar-refractivity contribution is 7.91. The maximum atomic E-state index is 13.3. The Morgan fingerprint density at radius 3 is 2.52 bits per heavy atom. The third-order valence-electron chi connectivity index (χ3n) is 6.29. The second kappa shape index (κ2) is 8.83. The zero-order valence-electron chi connectivity index (χ0n) is 18.2. The molecule has 1 fully saturated rings. The summed E-state index contributed by atoms with van der Waals surface area (Å²) < 4.78 is 38.7. The number of amides is 1. The van der Waals surface area contributed by atoms with Gasteiger partial charge in [0.15, 0.2) is 11.5 Å². The number of benzene rings is 2. The molecule has 172 valence electrons. The van der Waals surface area contributed by atoms with E-state index in [0.717, 1.165) is 36.1 Å². The van der Waals surface area contributed by atoms with Crippen LogP contribution in [0.25, 0.3) is 0 Å². The molecule has 1 aliphatic carbocycles. The normalized spacial score (nSPS) is 18.6. The van der Waals surface area contributed by atoms with E-state index >= 15 is 0 Å². The summed E-state index contributed by atoms with van der Waals surface area (Å²) >= 11 is 1.35. The number of nitrogens with one attached hydrogen (secondary N) is 1. The van der Waals surface area contributed by atoms with Gasteiger partial charge in [-0.2, -0.15) is 0 Å². The Balaban J connectivity index is 1.60. The van der Waals surface area contributed by atoms with Gasteiger partial charge in [-0.15, -0.1) is 11.3 Å². The highest BCUT2D eigenvalue weighted by Gasteiger charge is 2.36. The molecule has 33 heavy (non-hydrogen) atoms. The fourth-order valence-electron chi connectivity index (χ4n) is 4.65. The number of ether oxygens (including phenoxy) is 2. The fraction of sp³-hybridized carbons (Fsp3) is 0.320. The van der Waals surface area contributed by atoms with Crippen LogP contribution >= 0.6 is 11.3 Å². The maximum absolute atomic E-state index is 13.3. The van der Waals surface area contributed by atoms with Gasteiger partial charge in [-0.25, -0.2) is 8.42 Å². The molecule has 8 heteroatoms. The van der Waals surface area contributed by atoms with Crippen molar-refractivity contribution < 1.29 is 22.7 Å². The first kappa shape index (κ1) is 22.0. The first-order chi connectivity index (χ1) is 16.0. The lowest BCUT2D eigenvalue weighted by Crippen LogP contribution is -2.24. The van der Waals surface area contributed by atoms with E-state index in [4.69, 9.17) is 9.47 Å². The summed E-state index contributed by atoms with van der Waals surface area (Å²) in [6.45, 7) is 0. The van der Waals surface area contributed by atoms with Crippen molar-refractivity contribution in [3.63, 3.8) is 0 Å². The molecule has 3 aromatic rings. The van der Waals surface area contributed by atoms with Gasteiger partial charge in [0.2, 0.25) is 15.7 Å². The predicted molar refractivity (Wildman–Crippen MR) is 127 cm³/mol. The van der Waals surface area contributed by atoms with E-state index in [1.54, 1.807) is 42.8 Å². The number of hydrogen-bond acceptors (Lipinski definition) is 6. The average molecular weight is 484 g/mol. The Labute approximate surface area is 197 Å². The topological polar surface area (TPSA) is 81.7 Å². The zero-order valence-corrected chi connectivity index (χ0v) is 19.9. The molecule has 0 saturated heterocycles. The minimum Gasteiger partial charge on any atom is -0.493 e. The van der Waals surface area contributed by atoms with Crippen LogP contribution in [0, 0.1) is 0 Å². The second-order valence-corrected chi connectivity index (χ2v) is 11.2. The molecule has 2 aromatic carbocycles. The van der Waals surface area contributed by atoms with Crippen LogP contribution in [0.2, 0.25) is 0 Å². The molecule has 1 amide bonds. The molecule has 1 aromatic heterocycles. The Morgan fingerprint density at radius 2 is 1.79 bits per heavy atom. The van der Waals surface area contributed by atoms with Crippen molar-refractivity contribution in [1.82, 2.24) is 0 Å². The molecule has 0 radical (unpaired) electrons. The molecule has 1 aliphatic heterocycles. The van der Waals surface area contributed by atoms with Crippen molar-refractivity contribution in [2.24, 2.45) is 0 Å². The monoisotopic (exact) mass is 483 g/mol. The summed E-state index contributed by atoms with van der Waals surface area (Å²) in [6, 6.07) is 14.0. The van der Waals surface area contributed by atoms with E-state index in [1.165, 1.54) is 11.3 Å². The molecular weight excluding hydrogens is 458 g/mol. The van der Waals surface area contributed by atoms with Crippen molar-refractivity contribution in [1.29, 1.82) is 0 Å². The summed E-state index contributed by atoms with van der Waals surface area (Å²) in [7, 11) is -2.16. The first-order valence-electron chi connectivity index (χ1n) is 11.0. The van der Waals surface area contributed by atoms with E-state index in [2.05, 4.69) is 5.32 Å². The zero-order chi connectivity index (χ0) is 23.0. The molecule has 0 unspecified atom stereocenters. The van der Waals surface area contributed by atoms with Crippen LogP contribution in [-0.4, -0.2) is 27.5 Å². The van der Waals surface area contributed by atoms with Crippen LogP contribution in [0.1, 0.15) is 48.5 Å². The van der Waals surface area contributed by atoms with Crippen molar-refractivity contribution in [3.8, 4) is 11.5 Å². The van der Waals surface area contributed by atoms with Crippen LogP contribution in [0.15, 0.2) is 63.7 Å². The number of thiophene rings is 1. The standard InChI is InChI=1S/C25H25NO5S2/c1-30-20-13-7-12-18(24(20)31-16-8-5-6-9-16)19-14-22(27)26-23-21(15-32-25(19)23)33(28,29)17-10-3-2-4-11-17/h2-4,7,10-13,15-16,19H,5-6,8-9,14H2,1H3,(H,26,27)/t19-/m1/s1. The number of methoxy groups -OCH3 is 1. The Bertz CT molecular complexity index is 1280. The average Bonchev–Trinajstić information content (AvgIpc) is 3.49. The first-order valence-corrected chi connectivity index (χ1v) is 13.4. The fourth-order valence-corrected chi connectivity index (χ4v) is 7.57. The highest BCUT2D eigenvalue weighted by Crippen LogP contribution is 2.49. The SMILES string of the molecule is COc1cccc([C@H]2CC(=O)Nc3c(S(=O)(=O)c4ccccc4)csc32)c1OC1CCCC1. The van der Waals surface area contributed by atoms with Gasteiger partial charge in [0, 0.05) is 28.2 Å². The molecule has 0 spiro atoms. The number of fused-ring (bicyclic) bond motifs is 1. The van der Waals surface area contributed by atoms with E-state index in [9.17, 15) is 13.2 Å². The van der Waals surface area contributed by atoms with Crippen LogP contribution < -0.4 is 14.8 Å². The van der Waals surface area contributed by atoms with Crippen LogP contribution in [-0.2, 0) is 14.6 Å². The van der Waals surface area contributed by atoms with E-state index in [1.807, 2.05) is 18.2 Å². The van der Waals surface area contributed by atoms with Crippen molar-refractivity contribution in [2.45, 2.75) is 53.9 Å². The largest absolute Gasteiger partial charge is 0.493 e. The van der Waals surface area contributed by atoms with Crippen molar-refractivity contribution >= 4 is 32.8 Å². The van der Waals surface area contributed by atoms with E-state index in [-0.39, 0.29) is 34.1 Å². The lowest BCUT2D eigenvalue weighted by atomic mass is 9.89. The molecular formula is C25H25NO5S2. The number of rotatable bonds is 6. The third kappa shape index (κ3) is 4.02. The third-order valence-corrected chi connectivity index (χ3v) is 9.33. The summed E-state index contributed by atoms with van der Waals surface area (Å²) in [5.41, 5.74) is 1.22. The quantitative estimate of drug-likeness (QED) is 0.509. The van der Waals surface area contributed by atoms with Gasteiger partial charge in [-0.1, -0.05) is 30.3 Å². The minimum absolute atomic E-state index is 0.120. The van der Waals surface area contributed by atoms with Gasteiger partial charge in [0.1, 0.15) is 4.90 Å². The van der Waals surface area contributed by atoms with Gasteiger partial charge in [-0.3, -0.25) is 4.79 Å². The van der Waals surface area contributed by atoms with Crippen LogP contribution in [0.5, 0.6) is 11.5 Å². The number of sulfone groups is 1. The summed E-state index contributed by atoms with van der Waals surface area (Å²) in [5, 5.41) is 4.45. The molecule has 0 bridgehead atoms. The van der Waals surface area contributed by atoms with Gasteiger partial charge < -0.3 is 14.8 Å². The molecule has 1 N–H and O–H groups in total. The molecule has 2 heterocycles. The lowest BCUT2D eigenvalue weighted by molar-refractivity contribution is -0.116. The molecule has 2 aliphatic rings. The van der Waals surface area contributed by atoms with Gasteiger partial charge in [-0.05, 0) is 43.9 Å². The van der Waals surface area contributed by atoms with Crippen molar-refractivity contribution in [2.75, 3.05) is 12.4 Å². The molecule has 5 rings (SSSR count). The Morgan fingerprint density at radius 1 is 1.03 bits per heavy atom. The van der Waals surface area contributed by atoms with Gasteiger partial charge >= 0.3 is 0 Å². The number of carbonyl (C=O) groups excluding carboxylic acids is 1. The maximum Gasteiger partial charge on any atom is 0.225 e. The van der Waals surface area contributed by atoms with Gasteiger partial charge in [0.25, 0.3) is 0 Å². The number of hydrogen-bond donors (Lipinski definition) is 1. The summed E-state index contributed by atoms with van der Waals surface area (Å²) in [4.78, 5) is 13.9. The predicted octanol–water partition coefficient (Wildman–Crippen LogP) is 5.39. The summed E-state index contributed by atoms with van der Waals surface area (Å²) in [6.07, 6.45) is 4.59. The number of anilines is 1. The highest BCUT2D eigenvalue weighted by atomic mass is 32.2. The van der Waals surface area contributed by atoms with Crippen LogP contribution in [0.3, 0.4) is 0 Å². The number of para-hydroxylation sites is 1. The smallest absolute Gasteiger partial charge is 0.225 e. The minimum atomic E-state index is -3.77. The Hall–Kier alpha value is -2.84. The molecule has 1 atom stereocenters. The lowest BCUT2D eigenvalue weighted by Gasteiger charge is -2.27. The van der Waals surface area contributed by atoms with E-state index in [0.29, 0.717) is 17.2 Å². The molecule has 6 nitrogen and oxygen atoms in total. The molecule has 1 saturated carbocycles. The van der Waals surface area contributed by atoms with Crippen molar-refractivity contribution in [3.05, 3.63) is 64.4 Å². The Kier molecular flexibility index (Phi) is 5.88. The number of carbonyl (C=O) groups is 1.